The normalized spacial score (nSPS) is 17.5. The van der Waals surface area contributed by atoms with E-state index in [1.165, 1.54) is 42.1 Å². The summed E-state index contributed by atoms with van der Waals surface area (Å²) in [6.07, 6.45) is 7.38. The Morgan fingerprint density at radius 3 is 2.76 bits per heavy atom. The molecule has 1 aromatic carbocycles. The Kier molecular flexibility index (Phi) is 2.48. The first-order chi connectivity index (χ1) is 8.24. The van der Waals surface area contributed by atoms with Crippen molar-refractivity contribution < 1.29 is 0 Å². The fraction of sp³-hybridized carbons (Fsp3) is 0.467. The minimum absolute atomic E-state index is 0.527. The van der Waals surface area contributed by atoms with Crippen LogP contribution in [0.25, 0.3) is 10.9 Å². The van der Waals surface area contributed by atoms with Gasteiger partial charge in [0.05, 0.1) is 0 Å². The molecule has 90 valence electrons. The first kappa shape index (κ1) is 10.8. The van der Waals surface area contributed by atoms with Gasteiger partial charge in [-0.3, -0.25) is 0 Å². The minimum atomic E-state index is 0.527. The van der Waals surface area contributed by atoms with Crippen LogP contribution >= 0.6 is 0 Å². The van der Waals surface area contributed by atoms with Crippen LogP contribution in [0.5, 0.6) is 0 Å². The third-order valence-corrected chi connectivity index (χ3v) is 4.18. The van der Waals surface area contributed by atoms with E-state index in [0.717, 1.165) is 6.54 Å². The van der Waals surface area contributed by atoms with Gasteiger partial charge in [-0.2, -0.15) is 0 Å². The molecule has 1 saturated carbocycles. The van der Waals surface area contributed by atoms with Crippen molar-refractivity contribution in [1.82, 2.24) is 4.57 Å². The Hall–Kier alpha value is -1.28. The van der Waals surface area contributed by atoms with Crippen molar-refractivity contribution >= 4 is 10.9 Å². The summed E-state index contributed by atoms with van der Waals surface area (Å²) in [5.74, 6) is 0. The minimum Gasteiger partial charge on any atom is -0.350 e. The lowest BCUT2D eigenvalue weighted by molar-refractivity contribution is 0.472. The molecule has 0 unspecified atom stereocenters. The van der Waals surface area contributed by atoms with Crippen LogP contribution < -0.4 is 5.73 Å². The average molecular weight is 228 g/mol. The van der Waals surface area contributed by atoms with E-state index in [9.17, 15) is 0 Å². The third kappa shape index (κ3) is 1.87. The Bertz CT molecular complexity index is 535. The van der Waals surface area contributed by atoms with Crippen molar-refractivity contribution in [3.8, 4) is 0 Å². The quantitative estimate of drug-likeness (QED) is 0.857. The highest BCUT2D eigenvalue weighted by molar-refractivity contribution is 5.84. The Labute approximate surface area is 102 Å². The highest BCUT2D eigenvalue weighted by Crippen LogP contribution is 2.51. The fourth-order valence-electron chi connectivity index (χ4n) is 2.97. The van der Waals surface area contributed by atoms with Crippen molar-refractivity contribution in [3.05, 3.63) is 36.0 Å². The number of rotatable bonds is 4. The lowest BCUT2D eigenvalue weighted by Gasteiger charge is -2.12. The van der Waals surface area contributed by atoms with Gasteiger partial charge in [0.2, 0.25) is 0 Å². The molecule has 2 nitrogen and oxygen atoms in total. The second-order valence-corrected chi connectivity index (χ2v) is 5.50. The predicted octanol–water partition coefficient (Wildman–Crippen LogP) is 2.85. The molecule has 2 N–H and O–H groups in total. The Morgan fingerprint density at radius 1 is 1.29 bits per heavy atom. The van der Waals surface area contributed by atoms with Crippen LogP contribution in [0.4, 0.5) is 0 Å². The zero-order chi connectivity index (χ0) is 11.9. The third-order valence-electron chi connectivity index (χ3n) is 4.18. The molecule has 0 radical (unpaired) electrons. The molecule has 1 heterocycles. The number of benzene rings is 1. The maximum atomic E-state index is 5.72. The number of hydrogen-bond acceptors (Lipinski definition) is 1. The summed E-state index contributed by atoms with van der Waals surface area (Å²) in [5, 5.41) is 1.42. The highest BCUT2D eigenvalue weighted by Gasteiger charge is 2.41. The van der Waals surface area contributed by atoms with Crippen LogP contribution in [-0.2, 0) is 13.5 Å². The summed E-state index contributed by atoms with van der Waals surface area (Å²) >= 11 is 0. The second kappa shape index (κ2) is 3.88. The molecule has 17 heavy (non-hydrogen) atoms. The van der Waals surface area contributed by atoms with E-state index in [1.54, 1.807) is 0 Å². The van der Waals surface area contributed by atoms with Crippen LogP contribution in [0.2, 0.25) is 0 Å². The van der Waals surface area contributed by atoms with E-state index >= 15 is 0 Å². The topological polar surface area (TPSA) is 30.9 Å². The molecule has 2 heteroatoms. The average Bonchev–Trinajstić information content (AvgIpc) is 3.01. The molecule has 1 fully saturated rings. The number of aryl methyl sites for hydroxylation is 1. The number of nitrogens with two attached hydrogens (primary N) is 1. The Morgan fingerprint density at radius 2 is 2.06 bits per heavy atom. The molecule has 1 aliphatic carbocycles. The van der Waals surface area contributed by atoms with Gasteiger partial charge in [-0.25, -0.2) is 0 Å². The molecule has 0 bridgehead atoms. The van der Waals surface area contributed by atoms with Gasteiger partial charge in [-0.1, -0.05) is 18.2 Å². The van der Waals surface area contributed by atoms with Crippen molar-refractivity contribution in [2.75, 3.05) is 6.54 Å². The van der Waals surface area contributed by atoms with Gasteiger partial charge in [-0.05, 0) is 49.3 Å². The molecular formula is C15H20N2. The van der Waals surface area contributed by atoms with Gasteiger partial charge in [0.1, 0.15) is 0 Å². The van der Waals surface area contributed by atoms with Crippen molar-refractivity contribution in [1.29, 1.82) is 0 Å². The van der Waals surface area contributed by atoms with Crippen molar-refractivity contribution in [2.24, 2.45) is 18.2 Å². The second-order valence-electron chi connectivity index (χ2n) is 5.50. The highest BCUT2D eigenvalue weighted by atomic mass is 14.9. The van der Waals surface area contributed by atoms with Gasteiger partial charge < -0.3 is 10.3 Å². The smallest absolute Gasteiger partial charge is 0.0480 e. The molecule has 0 saturated heterocycles. The van der Waals surface area contributed by atoms with Crippen LogP contribution in [0.3, 0.4) is 0 Å². The van der Waals surface area contributed by atoms with Gasteiger partial charge in [-0.15, -0.1) is 0 Å². The first-order valence-electron chi connectivity index (χ1n) is 6.47. The van der Waals surface area contributed by atoms with Crippen LogP contribution in [0.1, 0.15) is 24.8 Å². The molecular weight excluding hydrogens is 208 g/mol. The summed E-state index contributed by atoms with van der Waals surface area (Å²) in [5.41, 5.74) is 9.08. The SMILES string of the molecule is Cn1cc(CC2(CCN)CC2)c2ccccc21. The summed E-state index contributed by atoms with van der Waals surface area (Å²) in [7, 11) is 2.13. The lowest BCUT2D eigenvalue weighted by Crippen LogP contribution is -2.11. The molecule has 0 spiro atoms. The number of fused-ring (bicyclic) bond motifs is 1. The van der Waals surface area contributed by atoms with Crippen molar-refractivity contribution in [2.45, 2.75) is 25.7 Å². The molecule has 0 aliphatic heterocycles. The number of aromatic nitrogens is 1. The molecule has 0 amide bonds. The zero-order valence-electron chi connectivity index (χ0n) is 10.4. The van der Waals surface area contributed by atoms with Crippen LogP contribution in [0, 0.1) is 5.41 Å². The zero-order valence-corrected chi connectivity index (χ0v) is 10.4. The summed E-state index contributed by atoms with van der Waals surface area (Å²) in [6.45, 7) is 0.824. The van der Waals surface area contributed by atoms with Crippen LogP contribution in [0.15, 0.2) is 30.5 Å². The lowest BCUT2D eigenvalue weighted by atomic mass is 9.93. The first-order valence-corrected chi connectivity index (χ1v) is 6.47. The summed E-state index contributed by atoms with van der Waals surface area (Å²) in [6, 6.07) is 8.68. The van der Waals surface area contributed by atoms with E-state index in [4.69, 9.17) is 5.73 Å². The van der Waals surface area contributed by atoms with E-state index in [-0.39, 0.29) is 0 Å². The largest absolute Gasteiger partial charge is 0.350 e. The fourth-order valence-corrected chi connectivity index (χ4v) is 2.97. The maximum Gasteiger partial charge on any atom is 0.0480 e. The van der Waals surface area contributed by atoms with E-state index in [0.29, 0.717) is 5.41 Å². The molecule has 1 aromatic heterocycles. The molecule has 3 rings (SSSR count). The van der Waals surface area contributed by atoms with Crippen LogP contribution in [-0.4, -0.2) is 11.1 Å². The number of hydrogen-bond donors (Lipinski definition) is 1. The van der Waals surface area contributed by atoms with Crippen molar-refractivity contribution in [3.63, 3.8) is 0 Å². The summed E-state index contributed by atoms with van der Waals surface area (Å²) in [4.78, 5) is 0. The Balaban J connectivity index is 1.96. The monoisotopic (exact) mass is 228 g/mol. The maximum absolute atomic E-state index is 5.72. The number of para-hydroxylation sites is 1. The van der Waals surface area contributed by atoms with Gasteiger partial charge in [0, 0.05) is 24.1 Å². The van der Waals surface area contributed by atoms with Gasteiger partial charge in [0.25, 0.3) is 0 Å². The van der Waals surface area contributed by atoms with E-state index in [2.05, 4.69) is 42.1 Å². The number of nitrogens with zero attached hydrogens (tertiary/aromatic N) is 1. The molecule has 0 atom stereocenters. The summed E-state index contributed by atoms with van der Waals surface area (Å²) < 4.78 is 2.24. The molecule has 1 aliphatic rings. The van der Waals surface area contributed by atoms with E-state index < -0.39 is 0 Å². The van der Waals surface area contributed by atoms with E-state index in [1.807, 2.05) is 0 Å². The van der Waals surface area contributed by atoms with Gasteiger partial charge >= 0.3 is 0 Å². The predicted molar refractivity (Wildman–Crippen MR) is 72.0 cm³/mol. The van der Waals surface area contributed by atoms with Gasteiger partial charge in [0.15, 0.2) is 0 Å². The standard InChI is InChI=1S/C15H20N2/c1-17-11-12(10-15(6-7-15)8-9-16)13-4-2-3-5-14(13)17/h2-5,11H,6-10,16H2,1H3. The molecule has 2 aromatic rings.